The van der Waals surface area contributed by atoms with Gasteiger partial charge in [-0.25, -0.2) is 4.98 Å². The van der Waals surface area contributed by atoms with Gasteiger partial charge in [0.25, 0.3) is 5.91 Å². The fourth-order valence-corrected chi connectivity index (χ4v) is 4.34. The van der Waals surface area contributed by atoms with Gasteiger partial charge in [0.1, 0.15) is 0 Å². The molecule has 7 nitrogen and oxygen atoms in total. The first-order valence-corrected chi connectivity index (χ1v) is 11.0. The number of esters is 1. The van der Waals surface area contributed by atoms with Crippen LogP contribution in [0.4, 0.5) is 0 Å². The topological polar surface area (TPSA) is 72.0 Å². The number of likely N-dealkylation sites (tertiary alicyclic amines) is 1. The lowest BCUT2D eigenvalue weighted by atomic mass is 9.97. The van der Waals surface area contributed by atoms with Crippen LogP contribution in [0.3, 0.4) is 0 Å². The molecule has 2 fully saturated rings. The van der Waals surface area contributed by atoms with Crippen molar-refractivity contribution in [1.29, 1.82) is 0 Å². The van der Waals surface area contributed by atoms with Crippen LogP contribution in [0.25, 0.3) is 0 Å². The van der Waals surface area contributed by atoms with E-state index in [0.29, 0.717) is 25.3 Å². The molecule has 154 valence electrons. The molecule has 28 heavy (non-hydrogen) atoms. The van der Waals surface area contributed by atoms with Crippen molar-refractivity contribution < 1.29 is 19.1 Å². The van der Waals surface area contributed by atoms with Crippen molar-refractivity contribution >= 4 is 23.6 Å². The minimum atomic E-state index is -0.222. The predicted molar refractivity (Wildman–Crippen MR) is 107 cm³/mol. The first-order chi connectivity index (χ1) is 13.7. The van der Waals surface area contributed by atoms with Gasteiger partial charge in [-0.2, -0.15) is 0 Å². The maximum Gasteiger partial charge on any atom is 0.310 e. The minimum absolute atomic E-state index is 0.0636. The minimum Gasteiger partial charge on any atom is -0.466 e. The van der Waals surface area contributed by atoms with Gasteiger partial charge in [-0.05, 0) is 31.9 Å². The lowest BCUT2D eigenvalue weighted by Gasteiger charge is -2.31. The molecule has 2 aliphatic heterocycles. The number of morpholine rings is 1. The lowest BCUT2D eigenvalue weighted by Crippen LogP contribution is -2.42. The molecule has 3 heterocycles. The van der Waals surface area contributed by atoms with Crippen molar-refractivity contribution in [3.8, 4) is 0 Å². The van der Waals surface area contributed by atoms with Crippen LogP contribution in [-0.2, 0) is 14.3 Å². The molecule has 0 N–H and O–H groups in total. The highest BCUT2D eigenvalue weighted by Gasteiger charge is 2.29. The second-order valence-corrected chi connectivity index (χ2v) is 8.15. The normalized spacial score (nSPS) is 20.8. The summed E-state index contributed by atoms with van der Waals surface area (Å²) in [5.74, 6) is 0.477. The highest BCUT2D eigenvalue weighted by molar-refractivity contribution is 7.99. The van der Waals surface area contributed by atoms with Crippen LogP contribution >= 0.6 is 11.8 Å². The van der Waals surface area contributed by atoms with Gasteiger partial charge in [0.15, 0.2) is 0 Å². The molecule has 3 rings (SSSR count). The summed E-state index contributed by atoms with van der Waals surface area (Å²) in [6, 6.07) is 3.74. The Balaban J connectivity index is 1.48. The van der Waals surface area contributed by atoms with E-state index in [-0.39, 0.29) is 17.8 Å². The molecule has 0 bridgehead atoms. The summed E-state index contributed by atoms with van der Waals surface area (Å²) in [5, 5.41) is 0.924. The van der Waals surface area contributed by atoms with Crippen molar-refractivity contribution in [2.24, 2.45) is 5.92 Å². The highest BCUT2D eigenvalue weighted by Crippen LogP contribution is 2.21. The van der Waals surface area contributed by atoms with Gasteiger partial charge in [0.05, 0.1) is 36.3 Å². The molecule has 1 aromatic heterocycles. The number of carbonyl (C=O) groups excluding carboxylic acids is 2. The largest absolute Gasteiger partial charge is 0.466 e. The smallest absolute Gasteiger partial charge is 0.310 e. The van der Waals surface area contributed by atoms with E-state index in [0.717, 1.165) is 56.5 Å². The molecule has 0 aromatic carbocycles. The summed E-state index contributed by atoms with van der Waals surface area (Å²) in [4.78, 5) is 33.3. The number of rotatable bonds is 7. The molecule has 1 amide bonds. The van der Waals surface area contributed by atoms with Crippen LogP contribution in [0.1, 0.15) is 30.1 Å². The summed E-state index contributed by atoms with van der Waals surface area (Å²) >= 11 is 1.70. The first-order valence-electron chi connectivity index (χ1n) is 10.0. The molecule has 0 aliphatic carbocycles. The number of pyridine rings is 1. The zero-order chi connectivity index (χ0) is 19.8. The van der Waals surface area contributed by atoms with Gasteiger partial charge in [0.2, 0.25) is 0 Å². The second-order valence-electron chi connectivity index (χ2n) is 7.03. The summed E-state index contributed by atoms with van der Waals surface area (Å²) in [7, 11) is 0. The fraction of sp³-hybridized carbons (Fsp3) is 0.650. The van der Waals surface area contributed by atoms with Crippen LogP contribution in [0.5, 0.6) is 0 Å². The summed E-state index contributed by atoms with van der Waals surface area (Å²) < 4.78 is 10.5. The molecule has 0 spiro atoms. The Hall–Kier alpha value is -1.64. The van der Waals surface area contributed by atoms with Crippen molar-refractivity contribution in [3.63, 3.8) is 0 Å². The average molecular weight is 408 g/mol. The molecule has 0 saturated carbocycles. The van der Waals surface area contributed by atoms with Gasteiger partial charge in [0, 0.05) is 44.7 Å². The molecule has 2 aliphatic rings. The number of hydrogen-bond donors (Lipinski definition) is 0. The molecular formula is C20H29N3O4S. The van der Waals surface area contributed by atoms with Gasteiger partial charge >= 0.3 is 5.97 Å². The molecule has 0 unspecified atom stereocenters. The van der Waals surface area contributed by atoms with Crippen molar-refractivity contribution in [2.75, 3.05) is 58.3 Å². The molecule has 1 aromatic rings. The average Bonchev–Trinajstić information content (AvgIpc) is 2.75. The third kappa shape index (κ3) is 5.93. The van der Waals surface area contributed by atoms with Gasteiger partial charge in [-0.1, -0.05) is 0 Å². The molecule has 2 saturated heterocycles. The third-order valence-electron chi connectivity index (χ3n) is 5.07. The van der Waals surface area contributed by atoms with E-state index in [9.17, 15) is 9.59 Å². The zero-order valence-corrected chi connectivity index (χ0v) is 17.3. The maximum absolute atomic E-state index is 12.8. The van der Waals surface area contributed by atoms with Gasteiger partial charge in [-0.3, -0.25) is 14.5 Å². The number of nitrogens with zero attached hydrogens (tertiary/aromatic N) is 3. The Morgan fingerprint density at radius 3 is 2.82 bits per heavy atom. The summed E-state index contributed by atoms with van der Waals surface area (Å²) in [6.45, 7) is 7.89. The molecular weight excluding hydrogens is 378 g/mol. The fourth-order valence-electron chi connectivity index (χ4n) is 3.49. The van der Waals surface area contributed by atoms with Crippen molar-refractivity contribution in [2.45, 2.75) is 24.8 Å². The zero-order valence-electron chi connectivity index (χ0n) is 16.5. The van der Waals surface area contributed by atoms with E-state index in [2.05, 4.69) is 9.88 Å². The molecule has 1 atom stereocenters. The number of ether oxygens (including phenoxy) is 2. The quantitative estimate of drug-likeness (QED) is 0.505. The molecule has 8 heteroatoms. The standard InChI is InChI=1S/C20H29N3O4S/c1-2-27-20(25)17-4-3-7-23(15-17)19(24)16-5-6-18(21-14-16)28-13-10-22-8-11-26-12-9-22/h5-6,14,17H,2-4,7-13,15H2,1H3/t17-/m0/s1. The van der Waals surface area contributed by atoms with E-state index in [4.69, 9.17) is 9.47 Å². The Bertz CT molecular complexity index is 649. The van der Waals surface area contributed by atoms with Gasteiger partial charge in [-0.15, -0.1) is 11.8 Å². The maximum atomic E-state index is 12.8. The van der Waals surface area contributed by atoms with Gasteiger partial charge < -0.3 is 14.4 Å². The number of carbonyl (C=O) groups is 2. The highest BCUT2D eigenvalue weighted by atomic mass is 32.2. The second kappa shape index (κ2) is 10.8. The summed E-state index contributed by atoms with van der Waals surface area (Å²) in [6.07, 6.45) is 3.24. The van der Waals surface area contributed by atoms with E-state index in [1.54, 1.807) is 29.8 Å². The Morgan fingerprint density at radius 2 is 2.11 bits per heavy atom. The number of thioether (sulfide) groups is 1. The van der Waals surface area contributed by atoms with E-state index < -0.39 is 0 Å². The first kappa shape index (κ1) is 21.1. The Labute approximate surface area is 170 Å². The van der Waals surface area contributed by atoms with Crippen LogP contribution in [0, 0.1) is 5.92 Å². The SMILES string of the molecule is CCOC(=O)[C@H]1CCCN(C(=O)c2ccc(SCCN3CCOCC3)nc2)C1. The number of hydrogen-bond acceptors (Lipinski definition) is 7. The van der Waals surface area contributed by atoms with Crippen LogP contribution < -0.4 is 0 Å². The van der Waals surface area contributed by atoms with Crippen molar-refractivity contribution in [1.82, 2.24) is 14.8 Å². The summed E-state index contributed by atoms with van der Waals surface area (Å²) in [5.41, 5.74) is 0.571. The van der Waals surface area contributed by atoms with Crippen LogP contribution in [0.2, 0.25) is 0 Å². The van der Waals surface area contributed by atoms with E-state index in [1.165, 1.54) is 0 Å². The van der Waals surface area contributed by atoms with E-state index >= 15 is 0 Å². The van der Waals surface area contributed by atoms with E-state index in [1.807, 2.05) is 12.1 Å². The lowest BCUT2D eigenvalue weighted by molar-refractivity contribution is -0.149. The van der Waals surface area contributed by atoms with Crippen LogP contribution in [0.15, 0.2) is 23.4 Å². The third-order valence-corrected chi connectivity index (χ3v) is 6.00. The Morgan fingerprint density at radius 1 is 1.29 bits per heavy atom. The molecule has 0 radical (unpaired) electrons. The Kier molecular flexibility index (Phi) is 8.12. The number of amides is 1. The number of aromatic nitrogens is 1. The number of piperidine rings is 1. The predicted octanol–water partition coefficient (Wildman–Crippen LogP) is 1.92. The van der Waals surface area contributed by atoms with Crippen LogP contribution in [-0.4, -0.2) is 85.0 Å². The van der Waals surface area contributed by atoms with Crippen molar-refractivity contribution in [3.05, 3.63) is 23.9 Å². The monoisotopic (exact) mass is 407 g/mol.